The van der Waals surface area contributed by atoms with E-state index in [1.54, 1.807) is 18.2 Å². The third-order valence-corrected chi connectivity index (χ3v) is 4.09. The molecule has 0 amide bonds. The monoisotopic (exact) mass is 307 g/mol. The molecule has 20 heavy (non-hydrogen) atoms. The molecule has 1 saturated carbocycles. The summed E-state index contributed by atoms with van der Waals surface area (Å²) >= 11 is 5.79. The molecule has 1 aliphatic carbocycles. The lowest BCUT2D eigenvalue weighted by molar-refractivity contribution is -0.183. The molecule has 0 aliphatic heterocycles. The van der Waals surface area contributed by atoms with Crippen LogP contribution in [0.1, 0.15) is 31.2 Å². The molecule has 0 heterocycles. The van der Waals surface area contributed by atoms with Crippen molar-refractivity contribution in [2.45, 2.75) is 44.4 Å². The van der Waals surface area contributed by atoms with Gasteiger partial charge in [0.15, 0.2) is 0 Å². The Morgan fingerprint density at radius 1 is 1.30 bits per heavy atom. The molecule has 112 valence electrons. The van der Waals surface area contributed by atoms with Crippen molar-refractivity contribution in [1.82, 2.24) is 5.32 Å². The Kier molecular flexibility index (Phi) is 4.81. The lowest BCUT2D eigenvalue weighted by Gasteiger charge is -2.31. The van der Waals surface area contributed by atoms with E-state index in [0.717, 1.165) is 6.42 Å². The van der Waals surface area contributed by atoms with Gasteiger partial charge in [-0.15, -0.1) is 0 Å². The Balaban J connectivity index is 1.92. The topological polar surface area (TPSA) is 32.3 Å². The number of halogens is 4. The Bertz CT molecular complexity index is 464. The van der Waals surface area contributed by atoms with E-state index in [0.29, 0.717) is 18.5 Å². The summed E-state index contributed by atoms with van der Waals surface area (Å²) in [5.41, 5.74) is 0.603. The van der Waals surface area contributed by atoms with Crippen molar-refractivity contribution < 1.29 is 18.3 Å². The molecule has 2 nitrogen and oxygen atoms in total. The Morgan fingerprint density at radius 2 is 2.05 bits per heavy atom. The highest BCUT2D eigenvalue weighted by molar-refractivity contribution is 6.32. The first-order chi connectivity index (χ1) is 9.38. The minimum absolute atomic E-state index is 0.00940. The average Bonchev–Trinajstić information content (AvgIpc) is 2.40. The summed E-state index contributed by atoms with van der Waals surface area (Å²) < 4.78 is 38.1. The maximum Gasteiger partial charge on any atom is 0.391 e. The van der Waals surface area contributed by atoms with Crippen LogP contribution in [0.5, 0.6) is 5.75 Å². The smallest absolute Gasteiger partial charge is 0.391 e. The van der Waals surface area contributed by atoms with E-state index >= 15 is 0 Å². The summed E-state index contributed by atoms with van der Waals surface area (Å²) in [6.45, 7) is 0.321. The van der Waals surface area contributed by atoms with Gasteiger partial charge in [0.2, 0.25) is 0 Å². The van der Waals surface area contributed by atoms with Crippen LogP contribution in [-0.4, -0.2) is 17.3 Å². The van der Waals surface area contributed by atoms with Crippen LogP contribution in [0.25, 0.3) is 0 Å². The van der Waals surface area contributed by atoms with Crippen LogP contribution in [0.2, 0.25) is 5.02 Å². The summed E-state index contributed by atoms with van der Waals surface area (Å²) in [6, 6.07) is 4.81. The molecule has 0 aromatic heterocycles. The minimum atomic E-state index is -4.11. The Hall–Kier alpha value is -0.940. The summed E-state index contributed by atoms with van der Waals surface area (Å²) in [5.74, 6) is -1.23. The van der Waals surface area contributed by atoms with Crippen LogP contribution < -0.4 is 5.32 Å². The fourth-order valence-corrected chi connectivity index (χ4v) is 2.82. The number of phenols is 1. The second kappa shape index (κ2) is 6.22. The number of rotatable bonds is 3. The predicted molar refractivity (Wildman–Crippen MR) is 71.8 cm³/mol. The highest BCUT2D eigenvalue weighted by atomic mass is 35.5. The van der Waals surface area contributed by atoms with E-state index in [9.17, 15) is 18.3 Å². The van der Waals surface area contributed by atoms with Crippen molar-refractivity contribution in [3.8, 4) is 5.75 Å². The zero-order chi connectivity index (χ0) is 14.8. The van der Waals surface area contributed by atoms with Gasteiger partial charge in [-0.1, -0.05) is 30.2 Å². The van der Waals surface area contributed by atoms with Gasteiger partial charge < -0.3 is 10.4 Å². The second-order valence-corrected chi connectivity index (χ2v) is 5.64. The van der Waals surface area contributed by atoms with Crippen LogP contribution in [0, 0.1) is 5.92 Å². The molecule has 1 aromatic carbocycles. The zero-order valence-electron chi connectivity index (χ0n) is 10.9. The normalized spacial score (nSPS) is 23.8. The zero-order valence-corrected chi connectivity index (χ0v) is 11.6. The Morgan fingerprint density at radius 3 is 2.75 bits per heavy atom. The molecule has 0 saturated heterocycles. The molecule has 2 rings (SSSR count). The first-order valence-corrected chi connectivity index (χ1v) is 7.02. The first kappa shape index (κ1) is 15.4. The Labute approximate surface area is 120 Å². The van der Waals surface area contributed by atoms with E-state index < -0.39 is 12.1 Å². The number of benzene rings is 1. The quantitative estimate of drug-likeness (QED) is 0.874. The fraction of sp³-hybridized carbons (Fsp3) is 0.571. The van der Waals surface area contributed by atoms with Crippen LogP contribution in [0.4, 0.5) is 13.2 Å². The van der Waals surface area contributed by atoms with E-state index in [2.05, 4.69) is 5.32 Å². The standard InChI is InChI=1S/C14H17ClF3NO/c15-12-6-1-3-9(13(12)20)8-19-11-5-2-4-10(7-11)14(16,17)18/h1,3,6,10-11,19-20H,2,4-5,7-8H2. The maximum atomic E-state index is 12.7. The van der Waals surface area contributed by atoms with Gasteiger partial charge in [0.05, 0.1) is 10.9 Å². The van der Waals surface area contributed by atoms with E-state index in [1.165, 1.54) is 0 Å². The van der Waals surface area contributed by atoms with Gasteiger partial charge in [0.25, 0.3) is 0 Å². The SMILES string of the molecule is Oc1c(Cl)cccc1CNC1CCCC(C(F)(F)F)C1. The highest BCUT2D eigenvalue weighted by Crippen LogP contribution is 2.37. The van der Waals surface area contributed by atoms with Crippen LogP contribution in [0.3, 0.4) is 0 Å². The van der Waals surface area contributed by atoms with E-state index in [-0.39, 0.29) is 29.7 Å². The molecule has 1 fully saturated rings. The third-order valence-electron chi connectivity index (χ3n) is 3.79. The lowest BCUT2D eigenvalue weighted by Crippen LogP contribution is -2.38. The maximum absolute atomic E-state index is 12.7. The van der Waals surface area contributed by atoms with Gasteiger partial charge in [-0.05, 0) is 25.3 Å². The lowest BCUT2D eigenvalue weighted by atomic mass is 9.85. The third kappa shape index (κ3) is 3.79. The molecule has 2 N–H and O–H groups in total. The van der Waals surface area contributed by atoms with Crippen molar-refractivity contribution >= 4 is 11.6 Å². The minimum Gasteiger partial charge on any atom is -0.506 e. The first-order valence-electron chi connectivity index (χ1n) is 6.64. The number of hydrogen-bond donors (Lipinski definition) is 2. The van der Waals surface area contributed by atoms with Gasteiger partial charge in [-0.2, -0.15) is 13.2 Å². The molecule has 2 atom stereocenters. The summed E-state index contributed by atoms with van der Waals surface area (Å²) in [4.78, 5) is 0. The van der Waals surface area contributed by atoms with Crippen molar-refractivity contribution in [2.75, 3.05) is 0 Å². The molecule has 6 heteroatoms. The number of aromatic hydroxyl groups is 1. The number of hydrogen-bond acceptors (Lipinski definition) is 2. The molecule has 0 spiro atoms. The molecule has 1 aromatic rings. The molecule has 0 bridgehead atoms. The van der Waals surface area contributed by atoms with Gasteiger partial charge in [0.1, 0.15) is 5.75 Å². The van der Waals surface area contributed by atoms with Crippen LogP contribution >= 0.6 is 11.6 Å². The van der Waals surface area contributed by atoms with Gasteiger partial charge >= 0.3 is 6.18 Å². The van der Waals surface area contributed by atoms with E-state index in [1.807, 2.05) is 0 Å². The molecule has 2 unspecified atom stereocenters. The van der Waals surface area contributed by atoms with Crippen LogP contribution in [0.15, 0.2) is 18.2 Å². The van der Waals surface area contributed by atoms with E-state index in [4.69, 9.17) is 11.6 Å². The number of phenolic OH excluding ortho intramolecular Hbond substituents is 1. The average molecular weight is 308 g/mol. The summed E-state index contributed by atoms with van der Waals surface area (Å²) in [6.07, 6.45) is -2.50. The molecular formula is C14H17ClF3NO. The van der Waals surface area contributed by atoms with Crippen molar-refractivity contribution in [3.05, 3.63) is 28.8 Å². The fourth-order valence-electron chi connectivity index (χ4n) is 2.63. The molecule has 0 radical (unpaired) electrons. The largest absolute Gasteiger partial charge is 0.506 e. The number of nitrogens with one attached hydrogen (secondary N) is 1. The highest BCUT2D eigenvalue weighted by Gasteiger charge is 2.41. The molecular weight excluding hydrogens is 291 g/mol. The second-order valence-electron chi connectivity index (χ2n) is 5.23. The van der Waals surface area contributed by atoms with Crippen molar-refractivity contribution in [3.63, 3.8) is 0 Å². The number of alkyl halides is 3. The van der Waals surface area contributed by atoms with Crippen molar-refractivity contribution in [2.24, 2.45) is 5.92 Å². The molecule has 1 aliphatic rings. The van der Waals surface area contributed by atoms with Crippen molar-refractivity contribution in [1.29, 1.82) is 0 Å². The van der Waals surface area contributed by atoms with Gasteiger partial charge in [-0.3, -0.25) is 0 Å². The summed E-state index contributed by atoms with van der Waals surface area (Å²) in [7, 11) is 0. The van der Waals surface area contributed by atoms with Gasteiger partial charge in [0, 0.05) is 18.2 Å². The predicted octanol–water partition coefficient (Wildman–Crippen LogP) is 4.26. The van der Waals surface area contributed by atoms with Gasteiger partial charge in [-0.25, -0.2) is 0 Å². The summed E-state index contributed by atoms with van der Waals surface area (Å²) in [5, 5.41) is 13.1. The number of para-hydroxylation sites is 1. The van der Waals surface area contributed by atoms with Crippen LogP contribution in [-0.2, 0) is 6.54 Å².